The molecule has 29 heavy (non-hydrogen) atoms. The van der Waals surface area contributed by atoms with Gasteiger partial charge in [0.1, 0.15) is 0 Å². The maximum absolute atomic E-state index is 11.3. The number of rotatable bonds is 5. The molecule has 2 heterocycles. The summed E-state index contributed by atoms with van der Waals surface area (Å²) in [6.45, 7) is 4.02. The molecule has 2 aromatic carbocycles. The summed E-state index contributed by atoms with van der Waals surface area (Å²) in [5.74, 6) is -0.423. The smallest absolute Gasteiger partial charge is 0.248 e. The van der Waals surface area contributed by atoms with Crippen LogP contribution in [0.3, 0.4) is 0 Å². The van der Waals surface area contributed by atoms with Gasteiger partial charge in [-0.2, -0.15) is 0 Å². The topological polar surface area (TPSA) is 80.9 Å². The number of aromatic nitrogens is 2. The van der Waals surface area contributed by atoms with Gasteiger partial charge in [-0.1, -0.05) is 17.8 Å². The molecule has 5 nitrogen and oxygen atoms in total. The van der Waals surface area contributed by atoms with Gasteiger partial charge in [0.05, 0.1) is 11.4 Å². The first-order valence-electron chi connectivity index (χ1n) is 9.17. The Morgan fingerprint density at radius 2 is 1.76 bits per heavy atom. The molecule has 0 bridgehead atoms. The van der Waals surface area contributed by atoms with E-state index in [1.54, 1.807) is 30.1 Å². The maximum Gasteiger partial charge on any atom is 0.248 e. The molecule has 1 amide bonds. The molecule has 0 radical (unpaired) electrons. The number of amides is 1. The SMILES string of the molecule is Cc1ccc(Sc2ccc(C(N)=O)cc2)c(Nc2ccnc3nc(C)ccc23)c1. The Balaban J connectivity index is 1.68. The Bertz CT molecular complexity index is 1210. The Kier molecular flexibility index (Phi) is 5.18. The van der Waals surface area contributed by atoms with E-state index in [0.29, 0.717) is 5.56 Å². The lowest BCUT2D eigenvalue weighted by atomic mass is 10.2. The molecule has 0 aliphatic heterocycles. The second-order valence-electron chi connectivity index (χ2n) is 6.80. The summed E-state index contributed by atoms with van der Waals surface area (Å²) in [6.07, 6.45) is 1.77. The molecule has 144 valence electrons. The van der Waals surface area contributed by atoms with Crippen LogP contribution in [0.1, 0.15) is 21.6 Å². The van der Waals surface area contributed by atoms with Crippen LogP contribution in [0.15, 0.2) is 76.7 Å². The van der Waals surface area contributed by atoms with E-state index in [4.69, 9.17) is 5.73 Å². The van der Waals surface area contributed by atoms with Crippen molar-refractivity contribution in [3.63, 3.8) is 0 Å². The third-order valence-corrected chi connectivity index (χ3v) is 5.60. The number of aryl methyl sites for hydroxylation is 2. The van der Waals surface area contributed by atoms with Crippen LogP contribution >= 0.6 is 11.8 Å². The summed E-state index contributed by atoms with van der Waals surface area (Å²) in [5, 5.41) is 4.52. The molecule has 3 N–H and O–H groups in total. The van der Waals surface area contributed by atoms with Crippen molar-refractivity contribution in [1.29, 1.82) is 0 Å². The van der Waals surface area contributed by atoms with Gasteiger partial charge in [0.25, 0.3) is 0 Å². The minimum absolute atomic E-state index is 0.423. The molecular formula is C23H20N4OS. The molecule has 4 rings (SSSR count). The molecule has 0 unspecified atom stereocenters. The van der Waals surface area contributed by atoms with Crippen LogP contribution in [-0.4, -0.2) is 15.9 Å². The summed E-state index contributed by atoms with van der Waals surface area (Å²) in [6, 6.07) is 19.6. The molecule has 0 saturated carbocycles. The molecule has 0 atom stereocenters. The van der Waals surface area contributed by atoms with E-state index in [2.05, 4.69) is 40.4 Å². The number of anilines is 2. The highest BCUT2D eigenvalue weighted by molar-refractivity contribution is 7.99. The van der Waals surface area contributed by atoms with E-state index < -0.39 is 5.91 Å². The molecule has 0 aliphatic carbocycles. The van der Waals surface area contributed by atoms with Crippen LogP contribution < -0.4 is 11.1 Å². The normalized spacial score (nSPS) is 10.8. The first kappa shape index (κ1) is 19.0. The number of fused-ring (bicyclic) bond motifs is 1. The van der Waals surface area contributed by atoms with Gasteiger partial charge in [0, 0.05) is 32.6 Å². The van der Waals surface area contributed by atoms with E-state index in [1.807, 2.05) is 37.3 Å². The highest BCUT2D eigenvalue weighted by Gasteiger charge is 2.10. The third kappa shape index (κ3) is 4.22. The number of carbonyl (C=O) groups is 1. The van der Waals surface area contributed by atoms with Crippen LogP contribution in [0, 0.1) is 13.8 Å². The van der Waals surface area contributed by atoms with Gasteiger partial charge in [0.2, 0.25) is 5.91 Å². The van der Waals surface area contributed by atoms with Crippen molar-refractivity contribution in [3.05, 3.63) is 83.7 Å². The molecular weight excluding hydrogens is 380 g/mol. The standard InChI is InChI=1S/C23H20N4OS/c1-14-3-10-21(29-17-7-5-16(6-8-17)22(24)28)20(13-14)27-19-11-12-25-23-18(19)9-4-15(2)26-23/h3-13H,1-2H3,(H2,24,28)(H,25,26,27). The number of carbonyl (C=O) groups excluding carboxylic acids is 1. The fourth-order valence-corrected chi connectivity index (χ4v) is 3.90. The lowest BCUT2D eigenvalue weighted by molar-refractivity contribution is 0.1000. The van der Waals surface area contributed by atoms with Crippen LogP contribution in [0.5, 0.6) is 0 Å². The molecule has 0 aliphatic rings. The average molecular weight is 401 g/mol. The second kappa shape index (κ2) is 7.93. The minimum atomic E-state index is -0.423. The predicted molar refractivity (Wildman–Crippen MR) is 118 cm³/mol. The highest BCUT2D eigenvalue weighted by Crippen LogP contribution is 2.36. The molecule has 4 aromatic rings. The van der Waals surface area contributed by atoms with Crippen molar-refractivity contribution in [3.8, 4) is 0 Å². The van der Waals surface area contributed by atoms with E-state index in [1.165, 1.54) is 0 Å². The molecule has 0 spiro atoms. The largest absolute Gasteiger partial charge is 0.366 e. The fraction of sp³-hybridized carbons (Fsp3) is 0.0870. The maximum atomic E-state index is 11.3. The highest BCUT2D eigenvalue weighted by atomic mass is 32.2. The van der Waals surface area contributed by atoms with Crippen LogP contribution in [-0.2, 0) is 0 Å². The zero-order valence-corrected chi connectivity index (χ0v) is 17.0. The summed E-state index contributed by atoms with van der Waals surface area (Å²) >= 11 is 1.62. The number of nitrogens with one attached hydrogen (secondary N) is 1. The summed E-state index contributed by atoms with van der Waals surface area (Å²) < 4.78 is 0. The van der Waals surface area contributed by atoms with Crippen molar-refractivity contribution in [2.45, 2.75) is 23.6 Å². The Labute approximate surface area is 173 Å². The third-order valence-electron chi connectivity index (χ3n) is 4.51. The van der Waals surface area contributed by atoms with E-state index in [0.717, 1.165) is 43.5 Å². The number of pyridine rings is 2. The number of hydrogen-bond acceptors (Lipinski definition) is 5. The van der Waals surface area contributed by atoms with Gasteiger partial charge in [-0.15, -0.1) is 0 Å². The number of nitrogens with zero attached hydrogens (tertiary/aromatic N) is 2. The minimum Gasteiger partial charge on any atom is -0.366 e. The van der Waals surface area contributed by atoms with E-state index in [-0.39, 0.29) is 0 Å². The average Bonchev–Trinajstić information content (AvgIpc) is 2.70. The Morgan fingerprint density at radius 1 is 0.966 bits per heavy atom. The number of benzene rings is 2. The molecule has 6 heteroatoms. The predicted octanol–water partition coefficient (Wildman–Crippen LogP) is 5.24. The summed E-state index contributed by atoms with van der Waals surface area (Å²) in [7, 11) is 0. The van der Waals surface area contributed by atoms with Gasteiger partial charge >= 0.3 is 0 Å². The second-order valence-corrected chi connectivity index (χ2v) is 7.91. The van der Waals surface area contributed by atoms with E-state index >= 15 is 0 Å². The Hall–Kier alpha value is -3.38. The van der Waals surface area contributed by atoms with Crippen LogP contribution in [0.4, 0.5) is 11.4 Å². The summed E-state index contributed by atoms with van der Waals surface area (Å²) in [5.41, 5.74) is 10.6. The van der Waals surface area contributed by atoms with Gasteiger partial charge < -0.3 is 11.1 Å². The first-order chi connectivity index (χ1) is 14.0. The van der Waals surface area contributed by atoms with Crippen LogP contribution in [0.25, 0.3) is 11.0 Å². The number of hydrogen-bond donors (Lipinski definition) is 2. The Morgan fingerprint density at radius 3 is 2.52 bits per heavy atom. The first-order valence-corrected chi connectivity index (χ1v) is 9.99. The fourth-order valence-electron chi connectivity index (χ4n) is 3.02. The van der Waals surface area contributed by atoms with Crippen LogP contribution in [0.2, 0.25) is 0 Å². The van der Waals surface area contributed by atoms with Crippen molar-refractivity contribution < 1.29 is 4.79 Å². The zero-order valence-electron chi connectivity index (χ0n) is 16.1. The number of primary amides is 1. The van der Waals surface area contributed by atoms with Crippen molar-refractivity contribution in [2.24, 2.45) is 5.73 Å². The lowest BCUT2D eigenvalue weighted by Crippen LogP contribution is -2.10. The van der Waals surface area contributed by atoms with Gasteiger partial charge in [-0.3, -0.25) is 4.79 Å². The quantitative estimate of drug-likeness (QED) is 0.479. The molecule has 0 fully saturated rings. The molecule has 2 aromatic heterocycles. The number of nitrogens with two attached hydrogens (primary N) is 1. The lowest BCUT2D eigenvalue weighted by Gasteiger charge is -2.14. The van der Waals surface area contributed by atoms with Gasteiger partial charge in [0.15, 0.2) is 5.65 Å². The van der Waals surface area contributed by atoms with Gasteiger partial charge in [-0.25, -0.2) is 9.97 Å². The monoisotopic (exact) mass is 400 g/mol. The zero-order chi connectivity index (χ0) is 20.4. The van der Waals surface area contributed by atoms with Gasteiger partial charge in [-0.05, 0) is 74.0 Å². The van der Waals surface area contributed by atoms with Crippen molar-refractivity contribution in [1.82, 2.24) is 9.97 Å². The van der Waals surface area contributed by atoms with Crippen molar-refractivity contribution in [2.75, 3.05) is 5.32 Å². The van der Waals surface area contributed by atoms with E-state index in [9.17, 15) is 4.79 Å². The van der Waals surface area contributed by atoms with Crippen molar-refractivity contribution >= 4 is 40.1 Å². The summed E-state index contributed by atoms with van der Waals surface area (Å²) in [4.78, 5) is 22.3. The molecule has 0 saturated heterocycles.